The molecule has 0 aromatic heterocycles. The molecule has 1 N–H and O–H groups in total. The normalized spacial score (nSPS) is 11.0. The fraction of sp³-hybridized carbons (Fsp3) is 0.0435. The summed E-state index contributed by atoms with van der Waals surface area (Å²) in [7, 11) is 0. The van der Waals surface area contributed by atoms with Crippen LogP contribution in [-0.2, 0) is 11.2 Å². The molecule has 1 amide bonds. The molecule has 6 heteroatoms. The second kappa shape index (κ2) is 9.89. The molecular weight excluding hydrogens is 516 g/mol. The van der Waals surface area contributed by atoms with Crippen molar-refractivity contribution in [1.29, 1.82) is 5.26 Å². The number of carbonyl (C=O) groups is 1. The van der Waals surface area contributed by atoms with Crippen LogP contribution in [-0.4, -0.2) is 5.91 Å². The molecular formula is C23H15Br2ClN2O. The van der Waals surface area contributed by atoms with Gasteiger partial charge in [-0.1, -0.05) is 73.8 Å². The van der Waals surface area contributed by atoms with E-state index in [-0.39, 0.29) is 5.57 Å². The molecule has 3 aromatic rings. The van der Waals surface area contributed by atoms with E-state index in [1.165, 1.54) is 6.08 Å². The Hall–Kier alpha value is -2.39. The Morgan fingerprint density at radius 3 is 2.41 bits per heavy atom. The molecule has 0 unspecified atom stereocenters. The fourth-order valence-electron chi connectivity index (χ4n) is 2.69. The van der Waals surface area contributed by atoms with Gasteiger partial charge in [-0.3, -0.25) is 4.79 Å². The van der Waals surface area contributed by atoms with Gasteiger partial charge in [0.15, 0.2) is 0 Å². The second-order valence-electron chi connectivity index (χ2n) is 6.25. The van der Waals surface area contributed by atoms with Gasteiger partial charge in [0.25, 0.3) is 5.91 Å². The van der Waals surface area contributed by atoms with Crippen LogP contribution in [0.3, 0.4) is 0 Å². The number of anilines is 1. The quantitative estimate of drug-likeness (QED) is 0.285. The van der Waals surface area contributed by atoms with Crippen LogP contribution in [0.2, 0.25) is 5.02 Å². The molecule has 0 bridgehead atoms. The van der Waals surface area contributed by atoms with Gasteiger partial charge in [-0.2, -0.15) is 5.26 Å². The lowest BCUT2D eigenvalue weighted by atomic mass is 10.0. The van der Waals surface area contributed by atoms with E-state index >= 15 is 0 Å². The summed E-state index contributed by atoms with van der Waals surface area (Å²) in [5.41, 5.74) is 3.40. The third kappa shape index (κ3) is 5.80. The molecule has 29 heavy (non-hydrogen) atoms. The van der Waals surface area contributed by atoms with Crippen molar-refractivity contribution in [3.63, 3.8) is 0 Å². The molecule has 3 nitrogen and oxygen atoms in total. The molecule has 0 spiro atoms. The summed E-state index contributed by atoms with van der Waals surface area (Å²) in [4.78, 5) is 12.4. The summed E-state index contributed by atoms with van der Waals surface area (Å²) in [5, 5.41) is 12.7. The van der Waals surface area contributed by atoms with Crippen LogP contribution < -0.4 is 5.32 Å². The Balaban J connectivity index is 1.78. The Morgan fingerprint density at radius 1 is 1.03 bits per heavy atom. The third-order valence-electron chi connectivity index (χ3n) is 4.19. The molecule has 3 rings (SSSR count). The zero-order valence-corrected chi connectivity index (χ0v) is 19.1. The Kier molecular flexibility index (Phi) is 7.27. The van der Waals surface area contributed by atoms with Crippen LogP contribution in [0.1, 0.15) is 16.7 Å². The fourth-order valence-corrected chi connectivity index (χ4v) is 3.64. The average Bonchev–Trinajstić information content (AvgIpc) is 2.71. The summed E-state index contributed by atoms with van der Waals surface area (Å²) >= 11 is 13.3. The zero-order valence-electron chi connectivity index (χ0n) is 15.1. The molecule has 0 aliphatic heterocycles. The van der Waals surface area contributed by atoms with Crippen molar-refractivity contribution >= 4 is 61.1 Å². The number of nitrogens with one attached hydrogen (secondary N) is 1. The molecule has 0 aliphatic carbocycles. The first-order chi connectivity index (χ1) is 14.0. The number of benzene rings is 3. The lowest BCUT2D eigenvalue weighted by molar-refractivity contribution is -0.112. The SMILES string of the molecule is N#C/C(=C\c1ccc(Cc2ccccc2Br)c(Cl)c1)C(=O)Nc1ccc(Br)cc1. The van der Waals surface area contributed by atoms with Gasteiger partial charge in [0, 0.05) is 26.1 Å². The highest BCUT2D eigenvalue weighted by Crippen LogP contribution is 2.26. The lowest BCUT2D eigenvalue weighted by Crippen LogP contribution is -2.13. The lowest BCUT2D eigenvalue weighted by Gasteiger charge is -2.08. The number of halogens is 3. The standard InChI is InChI=1S/C23H15Br2ClN2O/c24-19-7-9-20(10-8-19)28-23(29)18(14-27)11-15-5-6-17(22(26)12-15)13-16-3-1-2-4-21(16)25/h1-12H,13H2,(H,28,29)/b18-11+. The highest BCUT2D eigenvalue weighted by atomic mass is 79.9. The van der Waals surface area contributed by atoms with E-state index < -0.39 is 5.91 Å². The average molecular weight is 531 g/mol. The van der Waals surface area contributed by atoms with E-state index in [1.54, 1.807) is 18.2 Å². The van der Waals surface area contributed by atoms with E-state index in [9.17, 15) is 10.1 Å². The van der Waals surface area contributed by atoms with Gasteiger partial charge in [0.1, 0.15) is 11.6 Å². The number of rotatable bonds is 5. The van der Waals surface area contributed by atoms with E-state index in [0.717, 1.165) is 20.1 Å². The summed E-state index contributed by atoms with van der Waals surface area (Å²) in [6.45, 7) is 0. The van der Waals surface area contributed by atoms with Crippen LogP contribution in [0.25, 0.3) is 6.08 Å². The van der Waals surface area contributed by atoms with Crippen LogP contribution in [0.4, 0.5) is 5.69 Å². The van der Waals surface area contributed by atoms with Crippen molar-refractivity contribution < 1.29 is 4.79 Å². The van der Waals surface area contributed by atoms with E-state index in [0.29, 0.717) is 22.7 Å². The molecule has 0 aliphatic rings. The number of carbonyl (C=O) groups excluding carboxylic acids is 1. The number of nitrogens with zero attached hydrogens (tertiary/aromatic N) is 1. The summed E-state index contributed by atoms with van der Waals surface area (Å²) in [6.07, 6.45) is 2.21. The molecule has 144 valence electrons. The predicted molar refractivity (Wildman–Crippen MR) is 125 cm³/mol. The van der Waals surface area contributed by atoms with Gasteiger partial charge < -0.3 is 5.32 Å². The van der Waals surface area contributed by atoms with Crippen molar-refractivity contribution in [2.45, 2.75) is 6.42 Å². The van der Waals surface area contributed by atoms with Gasteiger partial charge in [0.05, 0.1) is 0 Å². The van der Waals surface area contributed by atoms with Gasteiger partial charge >= 0.3 is 0 Å². The number of amides is 1. The predicted octanol–water partition coefficient (Wildman–Crippen LogP) is 7.00. The zero-order chi connectivity index (χ0) is 20.8. The topological polar surface area (TPSA) is 52.9 Å². The maximum atomic E-state index is 12.4. The molecule has 0 heterocycles. The van der Waals surface area contributed by atoms with Crippen molar-refractivity contribution in [3.05, 3.63) is 103 Å². The number of hydrogen-bond donors (Lipinski definition) is 1. The van der Waals surface area contributed by atoms with Crippen LogP contribution in [0.15, 0.2) is 81.2 Å². The Morgan fingerprint density at radius 2 is 1.76 bits per heavy atom. The maximum absolute atomic E-state index is 12.4. The van der Waals surface area contributed by atoms with Crippen molar-refractivity contribution in [1.82, 2.24) is 0 Å². The van der Waals surface area contributed by atoms with Crippen molar-refractivity contribution in [3.8, 4) is 6.07 Å². The summed E-state index contributed by atoms with van der Waals surface area (Å²) < 4.78 is 1.93. The highest BCUT2D eigenvalue weighted by Gasteiger charge is 2.11. The minimum absolute atomic E-state index is 0.00235. The van der Waals surface area contributed by atoms with Gasteiger partial charge in [0.2, 0.25) is 0 Å². The van der Waals surface area contributed by atoms with E-state index in [1.807, 2.05) is 54.6 Å². The molecule has 0 saturated heterocycles. The van der Waals surface area contributed by atoms with Crippen LogP contribution in [0.5, 0.6) is 0 Å². The van der Waals surface area contributed by atoms with E-state index in [4.69, 9.17) is 11.6 Å². The molecule has 3 aromatic carbocycles. The molecule has 0 atom stereocenters. The first kappa shape index (κ1) is 21.3. The van der Waals surface area contributed by atoms with E-state index in [2.05, 4.69) is 37.2 Å². The van der Waals surface area contributed by atoms with Crippen molar-refractivity contribution in [2.75, 3.05) is 5.32 Å². The monoisotopic (exact) mass is 528 g/mol. The van der Waals surface area contributed by atoms with Gasteiger partial charge in [-0.15, -0.1) is 0 Å². The minimum Gasteiger partial charge on any atom is -0.321 e. The number of nitriles is 1. The molecule has 0 saturated carbocycles. The first-order valence-electron chi connectivity index (χ1n) is 8.67. The largest absolute Gasteiger partial charge is 0.321 e. The third-order valence-corrected chi connectivity index (χ3v) is 5.85. The number of hydrogen-bond acceptors (Lipinski definition) is 2. The first-order valence-corrected chi connectivity index (χ1v) is 10.6. The molecule has 0 radical (unpaired) electrons. The smallest absolute Gasteiger partial charge is 0.266 e. The Labute approximate surface area is 191 Å². The van der Waals surface area contributed by atoms with Crippen LogP contribution >= 0.6 is 43.5 Å². The highest BCUT2D eigenvalue weighted by molar-refractivity contribution is 9.10. The second-order valence-corrected chi connectivity index (χ2v) is 8.43. The van der Waals surface area contributed by atoms with Gasteiger partial charge in [-0.25, -0.2) is 0 Å². The summed E-state index contributed by atoms with van der Waals surface area (Å²) in [5.74, 6) is -0.469. The summed E-state index contributed by atoms with van der Waals surface area (Å²) in [6, 6.07) is 22.6. The maximum Gasteiger partial charge on any atom is 0.266 e. The van der Waals surface area contributed by atoms with Crippen molar-refractivity contribution in [2.24, 2.45) is 0 Å². The van der Waals surface area contributed by atoms with Gasteiger partial charge in [-0.05, 0) is 59.2 Å². The molecule has 0 fully saturated rings. The minimum atomic E-state index is -0.469. The van der Waals surface area contributed by atoms with Crippen LogP contribution in [0, 0.1) is 11.3 Å². The Bertz CT molecular complexity index is 1120.